The average molecular weight is 445 g/mol. The molecule has 4 heterocycles. The number of nitrogens with two attached hydrogens (primary N) is 1. The largest absolute Gasteiger partial charge is 0.355 e. The Morgan fingerprint density at radius 3 is 2.66 bits per heavy atom. The number of halogens is 1. The van der Waals surface area contributed by atoms with Crippen LogP contribution in [-0.2, 0) is 6.42 Å². The Bertz CT molecular complexity index is 1320. The summed E-state index contributed by atoms with van der Waals surface area (Å²) in [5.74, 6) is 0.980. The van der Waals surface area contributed by atoms with Crippen molar-refractivity contribution in [1.29, 1.82) is 0 Å². The third kappa shape index (κ3) is 2.86. The summed E-state index contributed by atoms with van der Waals surface area (Å²) in [5.41, 5.74) is 13.0. The van der Waals surface area contributed by atoms with Crippen LogP contribution in [0.15, 0.2) is 54.9 Å². The highest BCUT2D eigenvalue weighted by Crippen LogP contribution is 2.50. The molecule has 3 aromatic heterocycles. The van der Waals surface area contributed by atoms with Crippen molar-refractivity contribution in [2.24, 2.45) is 11.1 Å². The first kappa shape index (κ1) is 19.7. The standard InChI is InChI=1S/C25H25ClN6/c1-16-22(17-5-2-3-7-19(17)26)32-21(8-12-29-32)24(30-16)31-13-9-25(10-14-31)15-20-18(23(25)27)6-4-11-28-20/h2-8,11-12,23H,9-10,13-15,27H2,1H3/t23-/m1/s1. The maximum Gasteiger partial charge on any atom is 0.155 e. The summed E-state index contributed by atoms with van der Waals surface area (Å²) >= 11 is 6.51. The van der Waals surface area contributed by atoms with Crippen molar-refractivity contribution in [1.82, 2.24) is 19.6 Å². The first-order valence-corrected chi connectivity index (χ1v) is 11.5. The van der Waals surface area contributed by atoms with E-state index < -0.39 is 0 Å². The molecule has 6 nitrogen and oxygen atoms in total. The zero-order valence-electron chi connectivity index (χ0n) is 18.0. The molecule has 4 aromatic rings. The van der Waals surface area contributed by atoms with E-state index in [1.807, 2.05) is 60.2 Å². The minimum Gasteiger partial charge on any atom is -0.355 e. The Hall–Kier alpha value is -2.96. The summed E-state index contributed by atoms with van der Waals surface area (Å²) in [6.07, 6.45) is 6.73. The molecule has 1 atom stereocenters. The lowest BCUT2D eigenvalue weighted by atomic mass is 9.73. The highest BCUT2D eigenvalue weighted by molar-refractivity contribution is 6.33. The molecule has 1 fully saturated rings. The van der Waals surface area contributed by atoms with Crippen molar-refractivity contribution in [2.75, 3.05) is 18.0 Å². The molecule has 1 aromatic carbocycles. The molecule has 2 N–H and O–H groups in total. The Balaban J connectivity index is 1.34. The normalized spacial score (nSPS) is 19.6. The number of aryl methyl sites for hydroxylation is 1. The lowest BCUT2D eigenvalue weighted by molar-refractivity contribution is 0.187. The van der Waals surface area contributed by atoms with Gasteiger partial charge in [0.25, 0.3) is 0 Å². The van der Waals surface area contributed by atoms with Gasteiger partial charge in [-0.1, -0.05) is 35.9 Å². The molecule has 162 valence electrons. The monoisotopic (exact) mass is 444 g/mol. The molecular weight excluding hydrogens is 420 g/mol. The SMILES string of the molecule is Cc1nc(N2CCC3(CC2)Cc2ncccc2[C@H]3N)c2ccnn2c1-c1ccccc1Cl. The average Bonchev–Trinajstić information content (AvgIpc) is 3.39. The fraction of sp³-hybridized carbons (Fsp3) is 0.320. The number of benzene rings is 1. The Morgan fingerprint density at radius 2 is 1.88 bits per heavy atom. The van der Waals surface area contributed by atoms with Crippen LogP contribution in [0.5, 0.6) is 0 Å². The summed E-state index contributed by atoms with van der Waals surface area (Å²) < 4.78 is 1.98. The molecule has 7 heteroatoms. The van der Waals surface area contributed by atoms with Crippen LogP contribution in [0, 0.1) is 12.3 Å². The van der Waals surface area contributed by atoms with Crippen molar-refractivity contribution >= 4 is 22.9 Å². The predicted octanol–water partition coefficient (Wildman–Crippen LogP) is 4.60. The quantitative estimate of drug-likeness (QED) is 0.489. The highest BCUT2D eigenvalue weighted by Gasteiger charge is 2.46. The minimum atomic E-state index is 0.0561. The third-order valence-electron chi connectivity index (χ3n) is 7.33. The van der Waals surface area contributed by atoms with Gasteiger partial charge in [0, 0.05) is 36.6 Å². The van der Waals surface area contributed by atoms with Gasteiger partial charge in [0.05, 0.1) is 22.6 Å². The van der Waals surface area contributed by atoms with Crippen LogP contribution in [0.2, 0.25) is 5.02 Å². The van der Waals surface area contributed by atoms with Gasteiger partial charge in [-0.25, -0.2) is 9.50 Å². The Labute approximate surface area is 192 Å². The van der Waals surface area contributed by atoms with Gasteiger partial charge >= 0.3 is 0 Å². The molecule has 0 saturated carbocycles. The summed E-state index contributed by atoms with van der Waals surface area (Å²) in [5, 5.41) is 5.32. The number of rotatable bonds is 2. The Morgan fingerprint density at radius 1 is 1.06 bits per heavy atom. The fourth-order valence-electron chi connectivity index (χ4n) is 5.57. The molecular formula is C25H25ClN6. The number of pyridine rings is 1. The summed E-state index contributed by atoms with van der Waals surface area (Å²) in [6, 6.07) is 14.1. The van der Waals surface area contributed by atoms with Gasteiger partial charge in [-0.15, -0.1) is 0 Å². The molecule has 0 amide bonds. The molecule has 0 radical (unpaired) electrons. The number of hydrogen-bond acceptors (Lipinski definition) is 5. The maximum absolute atomic E-state index is 6.74. The van der Waals surface area contributed by atoms with E-state index in [-0.39, 0.29) is 11.5 Å². The third-order valence-corrected chi connectivity index (χ3v) is 7.66. The topological polar surface area (TPSA) is 72.3 Å². The molecule has 1 aliphatic heterocycles. The molecule has 1 spiro atoms. The van der Waals surface area contributed by atoms with Crippen LogP contribution in [0.3, 0.4) is 0 Å². The minimum absolute atomic E-state index is 0.0561. The predicted molar refractivity (Wildman–Crippen MR) is 127 cm³/mol. The van der Waals surface area contributed by atoms with Gasteiger partial charge in [-0.2, -0.15) is 5.10 Å². The van der Waals surface area contributed by atoms with Crippen molar-refractivity contribution in [2.45, 2.75) is 32.2 Å². The maximum atomic E-state index is 6.74. The second-order valence-electron chi connectivity index (χ2n) is 9.02. The van der Waals surface area contributed by atoms with Crippen molar-refractivity contribution < 1.29 is 0 Å². The van der Waals surface area contributed by atoms with Crippen molar-refractivity contribution in [3.63, 3.8) is 0 Å². The van der Waals surface area contributed by atoms with Gasteiger partial charge in [0.2, 0.25) is 0 Å². The number of nitrogens with zero attached hydrogens (tertiary/aromatic N) is 5. The van der Waals surface area contributed by atoms with E-state index in [4.69, 9.17) is 22.3 Å². The van der Waals surface area contributed by atoms with E-state index >= 15 is 0 Å². The van der Waals surface area contributed by atoms with Crippen LogP contribution in [0.4, 0.5) is 5.82 Å². The Kier molecular flexibility index (Phi) is 4.49. The molecule has 2 aliphatic rings. The second-order valence-corrected chi connectivity index (χ2v) is 9.43. The van der Waals surface area contributed by atoms with Crippen molar-refractivity contribution in [3.05, 3.63) is 76.8 Å². The number of aromatic nitrogens is 4. The number of anilines is 1. The van der Waals surface area contributed by atoms with E-state index in [9.17, 15) is 0 Å². The van der Waals surface area contributed by atoms with Crippen LogP contribution in [0.1, 0.15) is 35.8 Å². The number of hydrogen-bond donors (Lipinski definition) is 1. The van der Waals surface area contributed by atoms with Gasteiger partial charge in [0.1, 0.15) is 5.52 Å². The zero-order valence-corrected chi connectivity index (χ0v) is 18.8. The molecule has 0 unspecified atom stereocenters. The summed E-state index contributed by atoms with van der Waals surface area (Å²) in [6.45, 7) is 3.87. The van der Waals surface area contributed by atoms with Crippen LogP contribution < -0.4 is 10.6 Å². The number of piperidine rings is 1. The van der Waals surface area contributed by atoms with Gasteiger partial charge in [0.15, 0.2) is 5.82 Å². The lowest BCUT2D eigenvalue weighted by Gasteiger charge is -2.42. The van der Waals surface area contributed by atoms with Gasteiger partial charge < -0.3 is 10.6 Å². The molecule has 1 aliphatic carbocycles. The smallest absolute Gasteiger partial charge is 0.155 e. The van der Waals surface area contributed by atoms with E-state index in [1.165, 1.54) is 11.3 Å². The van der Waals surface area contributed by atoms with Gasteiger partial charge in [-0.3, -0.25) is 4.98 Å². The molecule has 6 rings (SSSR count). The zero-order chi connectivity index (χ0) is 21.9. The van der Waals surface area contributed by atoms with Crippen LogP contribution in [-0.4, -0.2) is 32.7 Å². The first-order chi connectivity index (χ1) is 15.6. The molecule has 0 bridgehead atoms. The summed E-state index contributed by atoms with van der Waals surface area (Å²) in [4.78, 5) is 12.0. The lowest BCUT2D eigenvalue weighted by Crippen LogP contribution is -2.44. The van der Waals surface area contributed by atoms with Crippen LogP contribution >= 0.6 is 11.6 Å². The summed E-state index contributed by atoms with van der Waals surface area (Å²) in [7, 11) is 0. The number of fused-ring (bicyclic) bond motifs is 2. The first-order valence-electron chi connectivity index (χ1n) is 11.1. The van der Waals surface area contributed by atoms with E-state index in [1.54, 1.807) is 0 Å². The van der Waals surface area contributed by atoms with E-state index in [0.29, 0.717) is 5.02 Å². The van der Waals surface area contributed by atoms with Gasteiger partial charge in [-0.05, 0) is 55.4 Å². The highest BCUT2D eigenvalue weighted by atomic mass is 35.5. The van der Waals surface area contributed by atoms with E-state index in [0.717, 1.165) is 60.6 Å². The van der Waals surface area contributed by atoms with E-state index in [2.05, 4.69) is 21.0 Å². The molecule has 32 heavy (non-hydrogen) atoms. The fourth-order valence-corrected chi connectivity index (χ4v) is 5.80. The molecule has 1 saturated heterocycles. The van der Waals surface area contributed by atoms with Crippen LogP contribution in [0.25, 0.3) is 16.8 Å². The van der Waals surface area contributed by atoms with Crippen molar-refractivity contribution in [3.8, 4) is 11.3 Å². The second kappa shape index (κ2) is 7.29.